The van der Waals surface area contributed by atoms with Crippen LogP contribution in [0.3, 0.4) is 0 Å². The van der Waals surface area contributed by atoms with Crippen molar-refractivity contribution in [1.82, 2.24) is 0 Å². The topological polar surface area (TPSA) is 28.2 Å². The van der Waals surface area contributed by atoms with Crippen LogP contribution in [0.25, 0.3) is 9.96 Å². The van der Waals surface area contributed by atoms with Crippen molar-refractivity contribution in [3.8, 4) is 0 Å². The standard InChI is InChI=1S/2C17H23FNSi.2Li/c2*1-12-11-17(4,14(3)13(12)2)20(5,6)19-16-9-7-15(18)8-10-16;;/h2*7-11H,1-6H3;;/q2*-1;2*+1. The fraction of sp³-hybridized carbons (Fsp3) is 0.412. The zero-order valence-corrected chi connectivity index (χ0v) is 30.4. The molecule has 0 saturated carbocycles. The van der Waals surface area contributed by atoms with E-state index in [4.69, 9.17) is 9.96 Å². The Hall–Kier alpha value is -1.51. The van der Waals surface area contributed by atoms with Crippen LogP contribution in [-0.2, 0) is 0 Å². The molecule has 0 N–H and O–H groups in total. The van der Waals surface area contributed by atoms with E-state index >= 15 is 0 Å². The molecule has 0 amide bonds. The van der Waals surface area contributed by atoms with E-state index < -0.39 is 16.5 Å². The van der Waals surface area contributed by atoms with Crippen LogP contribution in [0.1, 0.15) is 55.4 Å². The van der Waals surface area contributed by atoms with Gasteiger partial charge in [0.25, 0.3) is 0 Å². The summed E-state index contributed by atoms with van der Waals surface area (Å²) >= 11 is 0. The Morgan fingerprint density at radius 2 is 0.786 bits per heavy atom. The first kappa shape index (κ1) is 38.5. The maximum absolute atomic E-state index is 13.0. The number of rotatable bonds is 6. The van der Waals surface area contributed by atoms with Gasteiger partial charge >= 0.3 is 37.7 Å². The normalized spacial score (nSPS) is 22.0. The van der Waals surface area contributed by atoms with Gasteiger partial charge in [0, 0.05) is 0 Å². The van der Waals surface area contributed by atoms with Crippen LogP contribution in [0, 0.1) is 11.6 Å². The Balaban J connectivity index is 0.000000401. The molecule has 216 valence electrons. The molecule has 2 unspecified atom stereocenters. The van der Waals surface area contributed by atoms with E-state index in [2.05, 4.69) is 93.7 Å². The number of benzene rings is 2. The Labute approximate surface area is 280 Å². The molecule has 4 rings (SSSR count). The van der Waals surface area contributed by atoms with Gasteiger partial charge in [-0.15, -0.1) is 11.4 Å². The van der Waals surface area contributed by atoms with Crippen molar-refractivity contribution in [2.24, 2.45) is 0 Å². The second-order valence-corrected chi connectivity index (χ2v) is 21.6. The molecule has 0 radical (unpaired) electrons. The number of hydrogen-bond donors (Lipinski definition) is 0. The molecule has 0 spiro atoms. The van der Waals surface area contributed by atoms with E-state index in [1.165, 1.54) is 57.7 Å². The molecule has 2 atom stereocenters. The van der Waals surface area contributed by atoms with Crippen LogP contribution in [0.2, 0.25) is 36.3 Å². The van der Waals surface area contributed by atoms with Gasteiger partial charge in [-0.3, -0.25) is 0 Å². The van der Waals surface area contributed by atoms with Gasteiger partial charge in [0.15, 0.2) is 0 Å². The van der Waals surface area contributed by atoms with Crippen molar-refractivity contribution >= 4 is 27.8 Å². The molecule has 8 heteroatoms. The summed E-state index contributed by atoms with van der Waals surface area (Å²) in [5.74, 6) is -0.420. The third-order valence-electron chi connectivity index (χ3n) is 9.89. The van der Waals surface area contributed by atoms with Crippen LogP contribution in [0.15, 0.2) is 94.1 Å². The second-order valence-electron chi connectivity index (χ2n) is 12.9. The minimum Gasteiger partial charge on any atom is -0.686 e. The summed E-state index contributed by atoms with van der Waals surface area (Å²) in [5, 5.41) is 0.0745. The van der Waals surface area contributed by atoms with Gasteiger partial charge < -0.3 is 9.96 Å². The third kappa shape index (κ3) is 7.58. The predicted molar refractivity (Wildman–Crippen MR) is 175 cm³/mol. The monoisotopic (exact) mass is 590 g/mol. The van der Waals surface area contributed by atoms with Crippen LogP contribution >= 0.6 is 0 Å². The van der Waals surface area contributed by atoms with Crippen LogP contribution in [-0.4, -0.2) is 16.5 Å². The Morgan fingerprint density at radius 1 is 0.524 bits per heavy atom. The number of nitrogens with zero attached hydrogens (tertiary/aromatic N) is 2. The van der Waals surface area contributed by atoms with E-state index in [1.54, 1.807) is 24.3 Å². The van der Waals surface area contributed by atoms with Crippen molar-refractivity contribution in [3.63, 3.8) is 0 Å². The minimum atomic E-state index is -1.93. The van der Waals surface area contributed by atoms with Crippen LogP contribution in [0.4, 0.5) is 20.2 Å². The first-order valence-electron chi connectivity index (χ1n) is 14.1. The summed E-state index contributed by atoms with van der Waals surface area (Å²) in [6, 6.07) is 13.0. The SMILES string of the molecule is CC1=CC(C)([Si](C)(C)[N-]c2ccc(F)cc2)C(C)=C1C.CC1=CC(C)([Si](C)(C)[N-]c2ccc(F)cc2)C(C)=C1C.[Li+].[Li+]. The van der Waals surface area contributed by atoms with Gasteiger partial charge in [-0.1, -0.05) is 98.7 Å². The molecule has 2 nitrogen and oxygen atoms in total. The molecule has 0 aliphatic heterocycles. The first-order valence-corrected chi connectivity index (χ1v) is 20.0. The summed E-state index contributed by atoms with van der Waals surface area (Å²) in [6.07, 6.45) is 4.74. The molecule has 2 aliphatic rings. The van der Waals surface area contributed by atoms with Crippen molar-refractivity contribution in [2.45, 2.75) is 91.7 Å². The van der Waals surface area contributed by atoms with Crippen molar-refractivity contribution in [1.29, 1.82) is 0 Å². The number of allylic oxidation sites excluding steroid dienone is 8. The van der Waals surface area contributed by atoms with E-state index in [1.807, 2.05) is 0 Å². The van der Waals surface area contributed by atoms with Crippen molar-refractivity contribution < 1.29 is 46.5 Å². The summed E-state index contributed by atoms with van der Waals surface area (Å²) in [4.78, 5) is 10.00. The number of hydrogen-bond acceptors (Lipinski definition) is 0. The molecular weight excluding hydrogens is 544 g/mol. The van der Waals surface area contributed by atoms with E-state index in [9.17, 15) is 8.78 Å². The predicted octanol–water partition coefficient (Wildman–Crippen LogP) is 6.19. The first-order chi connectivity index (χ1) is 18.3. The van der Waals surface area contributed by atoms with Gasteiger partial charge in [0.2, 0.25) is 0 Å². The summed E-state index contributed by atoms with van der Waals surface area (Å²) in [6.45, 7) is 26.9. The van der Waals surface area contributed by atoms with Gasteiger partial charge in [0.05, 0.1) is 0 Å². The van der Waals surface area contributed by atoms with Gasteiger partial charge in [0.1, 0.15) is 11.6 Å². The molecule has 0 fully saturated rings. The Morgan fingerprint density at radius 3 is 1.00 bits per heavy atom. The molecule has 0 aromatic heterocycles. The van der Waals surface area contributed by atoms with Gasteiger partial charge in [-0.25, -0.2) is 8.78 Å². The molecule has 0 saturated heterocycles. The second kappa shape index (κ2) is 14.1. The summed E-state index contributed by atoms with van der Waals surface area (Å²) < 4.78 is 26.0. The van der Waals surface area contributed by atoms with Gasteiger partial charge in [-0.05, 0) is 104 Å². The van der Waals surface area contributed by atoms with Gasteiger partial charge in [-0.2, -0.15) is 0 Å². The third-order valence-corrected chi connectivity index (χ3v) is 17.6. The quantitative estimate of drug-likeness (QED) is 0.359. The molecule has 2 aromatic carbocycles. The minimum absolute atomic E-state index is 0. The Bertz CT molecular complexity index is 1290. The zero-order chi connectivity index (χ0) is 30.3. The fourth-order valence-corrected chi connectivity index (χ4v) is 11.3. The molecule has 42 heavy (non-hydrogen) atoms. The molecule has 2 aliphatic carbocycles. The van der Waals surface area contributed by atoms with Crippen molar-refractivity contribution in [2.75, 3.05) is 0 Å². The fourth-order valence-electron chi connectivity index (χ4n) is 5.85. The summed E-state index contributed by atoms with van der Waals surface area (Å²) in [7, 11) is -3.86. The van der Waals surface area contributed by atoms with Crippen LogP contribution < -0.4 is 37.7 Å². The maximum atomic E-state index is 13.0. The molecule has 2 aromatic rings. The Kier molecular flexibility index (Phi) is 12.9. The van der Waals surface area contributed by atoms with E-state index in [0.717, 1.165) is 11.4 Å². The average Bonchev–Trinajstić information content (AvgIpc) is 3.21. The van der Waals surface area contributed by atoms with Crippen LogP contribution in [0.5, 0.6) is 0 Å². The smallest absolute Gasteiger partial charge is 0.686 e. The van der Waals surface area contributed by atoms with E-state index in [-0.39, 0.29) is 59.4 Å². The van der Waals surface area contributed by atoms with E-state index in [0.29, 0.717) is 0 Å². The number of halogens is 2. The average molecular weight is 591 g/mol. The zero-order valence-electron chi connectivity index (χ0n) is 28.4. The largest absolute Gasteiger partial charge is 1.00 e. The maximum Gasteiger partial charge on any atom is 1.00 e. The van der Waals surface area contributed by atoms with Crippen molar-refractivity contribution in [3.05, 3.63) is 116 Å². The molecular formula is C34H46F2Li2N2Si2. The molecule has 0 heterocycles. The summed E-state index contributed by atoms with van der Waals surface area (Å²) in [5.41, 5.74) is 10.1. The molecule has 0 bridgehead atoms.